The van der Waals surface area contributed by atoms with Gasteiger partial charge in [-0.25, -0.2) is 8.42 Å². The molecule has 0 bridgehead atoms. The van der Waals surface area contributed by atoms with Crippen molar-refractivity contribution in [3.8, 4) is 0 Å². The molecular formula is C17H28N4O4S. The Morgan fingerprint density at radius 1 is 1.27 bits per heavy atom. The third-order valence-corrected chi connectivity index (χ3v) is 5.86. The topological polar surface area (TPSA) is 148 Å². The number of sulfonamides is 1. The molecule has 26 heavy (non-hydrogen) atoms. The van der Waals surface area contributed by atoms with Crippen LogP contribution in [0.15, 0.2) is 34.2 Å². The van der Waals surface area contributed by atoms with Crippen molar-refractivity contribution in [2.24, 2.45) is 16.5 Å². The molecule has 146 valence electrons. The second-order valence-electron chi connectivity index (χ2n) is 6.72. The van der Waals surface area contributed by atoms with Crippen LogP contribution in [0, 0.1) is 0 Å². The second kappa shape index (κ2) is 9.00. The molecule has 0 radical (unpaired) electrons. The molecule has 0 saturated carbocycles. The number of aliphatic carboxylic acids is 1. The number of carboxylic acids is 1. The molecule has 1 atom stereocenters. The van der Waals surface area contributed by atoms with Crippen molar-refractivity contribution in [1.82, 2.24) is 4.72 Å². The largest absolute Gasteiger partial charge is 0.480 e. The van der Waals surface area contributed by atoms with Gasteiger partial charge < -0.3 is 16.6 Å². The lowest BCUT2D eigenvalue weighted by atomic mass is 9.82. The van der Waals surface area contributed by atoms with E-state index in [1.807, 2.05) is 0 Å². The number of benzene rings is 1. The Balaban J connectivity index is 2.87. The van der Waals surface area contributed by atoms with Crippen LogP contribution in [0.1, 0.15) is 45.6 Å². The molecule has 0 heterocycles. The lowest BCUT2D eigenvalue weighted by Gasteiger charge is -2.23. The third kappa shape index (κ3) is 6.30. The molecule has 0 aliphatic heterocycles. The third-order valence-electron chi connectivity index (χ3n) is 4.37. The Hall–Kier alpha value is -2.13. The summed E-state index contributed by atoms with van der Waals surface area (Å²) in [6.45, 7) is 6.44. The molecule has 9 heteroatoms. The van der Waals surface area contributed by atoms with Gasteiger partial charge in [-0.05, 0) is 42.4 Å². The number of nitrogens with zero attached hydrogens (tertiary/aromatic N) is 1. The number of nitrogens with two attached hydrogens (primary N) is 2. The number of rotatable bonds is 10. The minimum Gasteiger partial charge on any atom is -0.480 e. The highest BCUT2D eigenvalue weighted by molar-refractivity contribution is 7.89. The monoisotopic (exact) mass is 384 g/mol. The number of guanidine groups is 1. The van der Waals surface area contributed by atoms with E-state index in [9.17, 15) is 18.3 Å². The molecule has 0 spiro atoms. The van der Waals surface area contributed by atoms with E-state index >= 15 is 0 Å². The summed E-state index contributed by atoms with van der Waals surface area (Å²) in [5.74, 6) is -1.34. The van der Waals surface area contributed by atoms with Gasteiger partial charge in [-0.2, -0.15) is 4.72 Å². The summed E-state index contributed by atoms with van der Waals surface area (Å²) >= 11 is 0. The summed E-state index contributed by atoms with van der Waals surface area (Å²) in [6, 6.07) is 5.25. The Kier molecular flexibility index (Phi) is 7.58. The predicted molar refractivity (Wildman–Crippen MR) is 101 cm³/mol. The molecule has 0 aliphatic carbocycles. The Bertz CT molecular complexity index is 739. The molecule has 0 unspecified atom stereocenters. The fraction of sp³-hybridized carbons (Fsp3) is 0.529. The normalized spacial score (nSPS) is 13.2. The van der Waals surface area contributed by atoms with E-state index < -0.39 is 22.0 Å². The summed E-state index contributed by atoms with van der Waals surface area (Å²) in [6.07, 6.45) is 1.32. The molecule has 0 saturated heterocycles. The van der Waals surface area contributed by atoms with Gasteiger partial charge in [-0.1, -0.05) is 32.9 Å². The molecule has 0 fully saturated rings. The van der Waals surface area contributed by atoms with E-state index in [1.165, 1.54) is 12.1 Å². The van der Waals surface area contributed by atoms with E-state index in [-0.39, 0.29) is 29.2 Å². The molecule has 0 aliphatic rings. The minimum absolute atomic E-state index is 0.0311. The fourth-order valence-electron chi connectivity index (χ4n) is 2.28. The van der Waals surface area contributed by atoms with Crippen LogP contribution < -0.4 is 16.2 Å². The first-order valence-corrected chi connectivity index (χ1v) is 9.89. The second-order valence-corrected chi connectivity index (χ2v) is 8.44. The van der Waals surface area contributed by atoms with Gasteiger partial charge in [0.25, 0.3) is 0 Å². The van der Waals surface area contributed by atoms with Crippen LogP contribution >= 0.6 is 0 Å². The molecule has 0 aromatic heterocycles. The molecule has 1 aromatic rings. The highest BCUT2D eigenvalue weighted by Crippen LogP contribution is 2.27. The Labute approximate surface area is 154 Å². The van der Waals surface area contributed by atoms with Crippen LogP contribution in [-0.2, 0) is 20.2 Å². The summed E-state index contributed by atoms with van der Waals surface area (Å²) in [5.41, 5.74) is 11.4. The number of aliphatic imine (C=N–C) groups is 1. The van der Waals surface area contributed by atoms with Crippen molar-refractivity contribution in [3.63, 3.8) is 0 Å². The number of hydrogen-bond donors (Lipinski definition) is 4. The molecular weight excluding hydrogens is 356 g/mol. The average Bonchev–Trinajstić information content (AvgIpc) is 2.57. The molecule has 1 aromatic carbocycles. The van der Waals surface area contributed by atoms with Crippen molar-refractivity contribution in [1.29, 1.82) is 0 Å². The van der Waals surface area contributed by atoms with E-state index in [2.05, 4.69) is 30.5 Å². The van der Waals surface area contributed by atoms with Gasteiger partial charge in [0.2, 0.25) is 10.0 Å². The van der Waals surface area contributed by atoms with Gasteiger partial charge in [0, 0.05) is 6.54 Å². The Morgan fingerprint density at radius 2 is 1.85 bits per heavy atom. The van der Waals surface area contributed by atoms with Crippen molar-refractivity contribution < 1.29 is 18.3 Å². The first kappa shape index (κ1) is 21.9. The first-order valence-electron chi connectivity index (χ1n) is 8.40. The lowest BCUT2D eigenvalue weighted by Crippen LogP contribution is -2.40. The van der Waals surface area contributed by atoms with Crippen LogP contribution in [0.4, 0.5) is 0 Å². The fourth-order valence-corrected chi connectivity index (χ4v) is 3.50. The van der Waals surface area contributed by atoms with E-state index in [4.69, 9.17) is 11.5 Å². The maximum Gasteiger partial charge on any atom is 0.321 e. The standard InChI is InChI=1S/C17H28N4O4S/c1-4-17(2,3)12-7-9-13(10-8-12)26(24,25)21-14(15(22)23)6-5-11-20-16(18)19/h7-10,14,21H,4-6,11H2,1-3H3,(H,22,23)(H4,18,19,20)/t14-/m1/s1. The SMILES string of the molecule is CCC(C)(C)c1ccc(S(=O)(=O)N[C@H](CCCN=C(N)N)C(=O)O)cc1. The predicted octanol–water partition coefficient (Wildman–Crippen LogP) is 1.16. The number of hydrogen-bond acceptors (Lipinski definition) is 4. The molecule has 0 amide bonds. The summed E-state index contributed by atoms with van der Waals surface area (Å²) in [7, 11) is -3.94. The van der Waals surface area contributed by atoms with E-state index in [0.717, 1.165) is 12.0 Å². The zero-order valence-corrected chi connectivity index (χ0v) is 16.2. The molecule has 1 rings (SSSR count). The first-order chi connectivity index (χ1) is 12.0. The zero-order valence-electron chi connectivity index (χ0n) is 15.4. The number of carboxylic acid groups (broad SMARTS) is 1. The van der Waals surface area contributed by atoms with Gasteiger partial charge in [-0.15, -0.1) is 0 Å². The molecule has 6 N–H and O–H groups in total. The quantitative estimate of drug-likeness (QED) is 0.270. The minimum atomic E-state index is -3.94. The highest BCUT2D eigenvalue weighted by atomic mass is 32.2. The van der Waals surface area contributed by atoms with Crippen molar-refractivity contribution in [2.45, 2.75) is 56.4 Å². The Morgan fingerprint density at radius 3 is 2.31 bits per heavy atom. The van der Waals surface area contributed by atoms with E-state index in [0.29, 0.717) is 6.42 Å². The average molecular weight is 385 g/mol. The van der Waals surface area contributed by atoms with Crippen LogP contribution in [-0.4, -0.2) is 38.0 Å². The number of nitrogens with one attached hydrogen (secondary N) is 1. The maximum absolute atomic E-state index is 12.5. The van der Waals surface area contributed by atoms with Gasteiger partial charge >= 0.3 is 5.97 Å². The van der Waals surface area contributed by atoms with Crippen LogP contribution in [0.2, 0.25) is 0 Å². The molecule has 8 nitrogen and oxygen atoms in total. The zero-order chi connectivity index (χ0) is 20.0. The van der Waals surface area contributed by atoms with Gasteiger partial charge in [0.15, 0.2) is 5.96 Å². The summed E-state index contributed by atoms with van der Waals surface area (Å²) in [5, 5.41) is 9.26. The van der Waals surface area contributed by atoms with E-state index in [1.54, 1.807) is 12.1 Å². The van der Waals surface area contributed by atoms with Crippen molar-refractivity contribution in [3.05, 3.63) is 29.8 Å². The van der Waals surface area contributed by atoms with Gasteiger partial charge in [0.05, 0.1) is 4.90 Å². The van der Waals surface area contributed by atoms with Crippen molar-refractivity contribution >= 4 is 22.0 Å². The number of carbonyl (C=O) groups is 1. The van der Waals surface area contributed by atoms with Gasteiger partial charge in [0.1, 0.15) is 6.04 Å². The maximum atomic E-state index is 12.5. The lowest BCUT2D eigenvalue weighted by molar-refractivity contribution is -0.139. The summed E-state index contributed by atoms with van der Waals surface area (Å²) < 4.78 is 27.2. The van der Waals surface area contributed by atoms with Crippen LogP contribution in [0.3, 0.4) is 0 Å². The van der Waals surface area contributed by atoms with Gasteiger partial charge in [-0.3, -0.25) is 9.79 Å². The summed E-state index contributed by atoms with van der Waals surface area (Å²) in [4.78, 5) is 15.1. The smallest absolute Gasteiger partial charge is 0.321 e. The highest BCUT2D eigenvalue weighted by Gasteiger charge is 2.26. The van der Waals surface area contributed by atoms with Crippen LogP contribution in [0.25, 0.3) is 0 Å². The van der Waals surface area contributed by atoms with Crippen LogP contribution in [0.5, 0.6) is 0 Å². The van der Waals surface area contributed by atoms with Crippen molar-refractivity contribution in [2.75, 3.05) is 6.54 Å².